The molecule has 1 heterocycles. The lowest BCUT2D eigenvalue weighted by Gasteiger charge is -2.16. The van der Waals surface area contributed by atoms with Crippen molar-refractivity contribution < 1.29 is 4.79 Å². The zero-order valence-corrected chi connectivity index (χ0v) is 10.5. The fraction of sp³-hybridized carbons (Fsp3) is 0.500. The summed E-state index contributed by atoms with van der Waals surface area (Å²) in [6.45, 7) is 2.87. The second-order valence-corrected chi connectivity index (χ2v) is 4.41. The number of hydrogen-bond donors (Lipinski definition) is 2. The first-order valence-electron chi connectivity index (χ1n) is 5.63. The van der Waals surface area contributed by atoms with E-state index in [1.54, 1.807) is 6.07 Å². The second-order valence-electron chi connectivity index (χ2n) is 4.41. The van der Waals surface area contributed by atoms with E-state index in [1.807, 2.05) is 21.0 Å². The van der Waals surface area contributed by atoms with Crippen LogP contribution in [0.3, 0.4) is 0 Å². The average Bonchev–Trinajstić information content (AvgIpc) is 2.26. The minimum absolute atomic E-state index is 0.0872. The number of nitrogens with zero attached hydrogens (tertiary/aromatic N) is 1. The lowest BCUT2D eigenvalue weighted by molar-refractivity contribution is 0.0936. The maximum Gasteiger partial charge on any atom is 0.251 e. The molecule has 1 amide bonds. The number of nitrogens with one attached hydrogen (secondary N) is 2. The van der Waals surface area contributed by atoms with E-state index < -0.39 is 0 Å². The van der Waals surface area contributed by atoms with E-state index in [4.69, 9.17) is 0 Å². The van der Waals surface area contributed by atoms with E-state index in [0.717, 1.165) is 13.0 Å². The van der Waals surface area contributed by atoms with Crippen LogP contribution in [0.4, 0.5) is 0 Å². The third kappa shape index (κ3) is 4.82. The number of amides is 1. The fourth-order valence-corrected chi connectivity index (χ4v) is 1.42. The van der Waals surface area contributed by atoms with Crippen molar-refractivity contribution in [2.45, 2.75) is 19.4 Å². The van der Waals surface area contributed by atoms with Gasteiger partial charge in [-0.25, -0.2) is 0 Å². The topological polar surface area (TPSA) is 65.2 Å². The Kier molecular flexibility index (Phi) is 4.90. The SMILES string of the molecule is CC(CCN(C)C)NC(=O)c1cc[nH]c(=O)c1. The Labute approximate surface area is 101 Å². The normalized spacial score (nSPS) is 12.5. The van der Waals surface area contributed by atoms with Crippen molar-refractivity contribution in [3.8, 4) is 0 Å². The summed E-state index contributed by atoms with van der Waals surface area (Å²) in [5.41, 5.74) is 0.129. The number of carbonyl (C=O) groups is 1. The van der Waals surface area contributed by atoms with Gasteiger partial charge in [-0.3, -0.25) is 9.59 Å². The van der Waals surface area contributed by atoms with Crippen LogP contribution in [-0.2, 0) is 0 Å². The highest BCUT2D eigenvalue weighted by Gasteiger charge is 2.09. The molecule has 0 aromatic carbocycles. The fourth-order valence-electron chi connectivity index (χ4n) is 1.42. The molecule has 5 nitrogen and oxygen atoms in total. The summed E-state index contributed by atoms with van der Waals surface area (Å²) in [6, 6.07) is 2.98. The molecule has 0 saturated heterocycles. The zero-order chi connectivity index (χ0) is 12.8. The molecule has 0 bridgehead atoms. The van der Waals surface area contributed by atoms with Gasteiger partial charge in [0.05, 0.1) is 0 Å². The van der Waals surface area contributed by atoms with Crippen molar-refractivity contribution in [2.24, 2.45) is 0 Å². The van der Waals surface area contributed by atoms with E-state index in [1.165, 1.54) is 12.3 Å². The van der Waals surface area contributed by atoms with Gasteiger partial charge in [-0.2, -0.15) is 0 Å². The number of aromatic nitrogens is 1. The van der Waals surface area contributed by atoms with Crippen LogP contribution >= 0.6 is 0 Å². The smallest absolute Gasteiger partial charge is 0.251 e. The number of hydrogen-bond acceptors (Lipinski definition) is 3. The maximum absolute atomic E-state index is 11.8. The highest BCUT2D eigenvalue weighted by Crippen LogP contribution is 1.97. The van der Waals surface area contributed by atoms with Crippen LogP contribution in [0.2, 0.25) is 0 Å². The minimum Gasteiger partial charge on any atom is -0.350 e. The van der Waals surface area contributed by atoms with Crippen molar-refractivity contribution in [1.29, 1.82) is 0 Å². The molecule has 0 aliphatic heterocycles. The van der Waals surface area contributed by atoms with Crippen LogP contribution in [0, 0.1) is 0 Å². The Morgan fingerprint density at radius 2 is 2.24 bits per heavy atom. The number of carbonyl (C=O) groups excluding carboxylic acids is 1. The van der Waals surface area contributed by atoms with Crippen molar-refractivity contribution in [3.05, 3.63) is 34.2 Å². The summed E-state index contributed by atoms with van der Waals surface area (Å²) in [7, 11) is 3.98. The molecule has 0 radical (unpaired) electrons. The molecule has 1 aromatic heterocycles. The van der Waals surface area contributed by atoms with Crippen molar-refractivity contribution in [1.82, 2.24) is 15.2 Å². The molecule has 1 atom stereocenters. The van der Waals surface area contributed by atoms with E-state index in [0.29, 0.717) is 5.56 Å². The van der Waals surface area contributed by atoms with E-state index in [9.17, 15) is 9.59 Å². The van der Waals surface area contributed by atoms with Crippen LogP contribution in [0.5, 0.6) is 0 Å². The molecule has 2 N–H and O–H groups in total. The van der Waals surface area contributed by atoms with Gasteiger partial charge < -0.3 is 15.2 Å². The van der Waals surface area contributed by atoms with Gasteiger partial charge in [0.15, 0.2) is 0 Å². The van der Waals surface area contributed by atoms with Gasteiger partial charge >= 0.3 is 0 Å². The van der Waals surface area contributed by atoms with Crippen LogP contribution < -0.4 is 10.9 Å². The molecular formula is C12H19N3O2. The number of rotatable bonds is 5. The first kappa shape index (κ1) is 13.4. The molecule has 17 heavy (non-hydrogen) atoms. The maximum atomic E-state index is 11.8. The van der Waals surface area contributed by atoms with Crippen LogP contribution in [0.15, 0.2) is 23.1 Å². The molecule has 1 unspecified atom stereocenters. The van der Waals surface area contributed by atoms with Crippen molar-refractivity contribution >= 4 is 5.91 Å². The molecule has 94 valence electrons. The van der Waals surface area contributed by atoms with Gasteiger partial charge in [0.1, 0.15) is 0 Å². The summed E-state index contributed by atoms with van der Waals surface area (Å²) < 4.78 is 0. The molecule has 5 heteroatoms. The summed E-state index contributed by atoms with van der Waals surface area (Å²) in [5.74, 6) is -0.206. The Hall–Kier alpha value is -1.62. The molecule has 0 aliphatic carbocycles. The highest BCUT2D eigenvalue weighted by atomic mass is 16.2. The van der Waals surface area contributed by atoms with Gasteiger partial charge in [-0.1, -0.05) is 0 Å². The first-order chi connectivity index (χ1) is 7.99. The minimum atomic E-state index is -0.265. The Morgan fingerprint density at radius 3 is 2.82 bits per heavy atom. The molecule has 0 saturated carbocycles. The molecule has 1 rings (SSSR count). The standard InChI is InChI=1S/C12H19N3O2/c1-9(5-7-15(2)3)14-12(17)10-4-6-13-11(16)8-10/h4,6,8-9H,5,7H2,1-3H3,(H,13,16)(H,14,17). The Bertz CT molecular complexity index is 426. The lowest BCUT2D eigenvalue weighted by Crippen LogP contribution is -2.35. The van der Waals surface area contributed by atoms with Gasteiger partial charge in [0.25, 0.3) is 5.91 Å². The Morgan fingerprint density at radius 1 is 1.53 bits per heavy atom. The number of pyridine rings is 1. The average molecular weight is 237 g/mol. The lowest BCUT2D eigenvalue weighted by atomic mass is 10.2. The largest absolute Gasteiger partial charge is 0.350 e. The summed E-state index contributed by atoms with van der Waals surface area (Å²) in [5, 5.41) is 2.86. The van der Waals surface area contributed by atoms with E-state index in [2.05, 4.69) is 15.2 Å². The molecule has 1 aromatic rings. The third-order valence-electron chi connectivity index (χ3n) is 2.42. The zero-order valence-electron chi connectivity index (χ0n) is 10.5. The van der Waals surface area contributed by atoms with Crippen LogP contribution in [0.1, 0.15) is 23.7 Å². The van der Waals surface area contributed by atoms with Crippen molar-refractivity contribution in [2.75, 3.05) is 20.6 Å². The molecule has 0 spiro atoms. The molecule has 0 fully saturated rings. The van der Waals surface area contributed by atoms with Gasteiger partial charge in [0, 0.05) is 23.9 Å². The summed E-state index contributed by atoms with van der Waals surface area (Å²) in [6.07, 6.45) is 2.35. The summed E-state index contributed by atoms with van der Waals surface area (Å²) >= 11 is 0. The van der Waals surface area contributed by atoms with E-state index in [-0.39, 0.29) is 17.5 Å². The second kappa shape index (κ2) is 6.20. The van der Waals surface area contributed by atoms with Crippen LogP contribution in [-0.4, -0.2) is 42.5 Å². The highest BCUT2D eigenvalue weighted by molar-refractivity contribution is 5.94. The van der Waals surface area contributed by atoms with E-state index >= 15 is 0 Å². The summed E-state index contributed by atoms with van der Waals surface area (Å²) in [4.78, 5) is 27.4. The third-order valence-corrected chi connectivity index (χ3v) is 2.42. The predicted molar refractivity (Wildman–Crippen MR) is 67.2 cm³/mol. The van der Waals surface area contributed by atoms with Crippen LogP contribution in [0.25, 0.3) is 0 Å². The van der Waals surface area contributed by atoms with Crippen molar-refractivity contribution in [3.63, 3.8) is 0 Å². The molecular weight excluding hydrogens is 218 g/mol. The number of H-pyrrole nitrogens is 1. The monoisotopic (exact) mass is 237 g/mol. The van der Waals surface area contributed by atoms with Gasteiger partial charge in [-0.15, -0.1) is 0 Å². The van der Waals surface area contributed by atoms with Gasteiger partial charge in [0.2, 0.25) is 5.56 Å². The molecule has 0 aliphatic rings. The van der Waals surface area contributed by atoms with Gasteiger partial charge in [-0.05, 0) is 40.1 Å². The predicted octanol–water partition coefficient (Wildman–Crippen LogP) is 0.445. The quantitative estimate of drug-likeness (QED) is 0.781. The Balaban J connectivity index is 2.52. The number of aromatic amines is 1. The first-order valence-corrected chi connectivity index (χ1v) is 5.63.